The topological polar surface area (TPSA) is 53.0 Å². The number of carbonyl (C=O) groups is 1. The van der Waals surface area contributed by atoms with Crippen LogP contribution in [0, 0.1) is 0 Å². The van der Waals surface area contributed by atoms with Crippen molar-refractivity contribution in [2.24, 2.45) is 0 Å². The van der Waals surface area contributed by atoms with Crippen molar-refractivity contribution in [3.8, 4) is 5.75 Å². The van der Waals surface area contributed by atoms with Gasteiger partial charge in [0.25, 0.3) is 0 Å². The number of piperazine rings is 1. The Morgan fingerprint density at radius 3 is 2.42 bits per heavy atom. The van der Waals surface area contributed by atoms with Gasteiger partial charge in [-0.05, 0) is 24.3 Å². The standard InChI is InChI=1S/C13H17ClN2O3/c14-11-1-3-12(4-2-11)19-10-9-15-5-7-16(8-6-15)13(17)18/h1-4H,5-10H2,(H,17,18). The molecule has 0 radical (unpaired) electrons. The second-order valence-corrected chi connectivity index (χ2v) is 4.85. The van der Waals surface area contributed by atoms with Crippen molar-refractivity contribution in [1.29, 1.82) is 0 Å². The van der Waals surface area contributed by atoms with Crippen molar-refractivity contribution < 1.29 is 14.6 Å². The van der Waals surface area contributed by atoms with Crippen LogP contribution in [0.4, 0.5) is 4.79 Å². The van der Waals surface area contributed by atoms with E-state index in [1.807, 2.05) is 12.1 Å². The molecule has 1 heterocycles. The van der Waals surface area contributed by atoms with Gasteiger partial charge in [-0.25, -0.2) is 4.79 Å². The Labute approximate surface area is 117 Å². The molecule has 0 saturated carbocycles. The maximum atomic E-state index is 10.8. The fourth-order valence-corrected chi connectivity index (χ4v) is 2.11. The smallest absolute Gasteiger partial charge is 0.407 e. The van der Waals surface area contributed by atoms with Crippen LogP contribution in [0.3, 0.4) is 0 Å². The highest BCUT2D eigenvalue weighted by atomic mass is 35.5. The molecule has 2 rings (SSSR count). The summed E-state index contributed by atoms with van der Waals surface area (Å²) in [5.41, 5.74) is 0. The van der Waals surface area contributed by atoms with Crippen molar-refractivity contribution in [2.75, 3.05) is 39.3 Å². The highest BCUT2D eigenvalue weighted by molar-refractivity contribution is 6.30. The van der Waals surface area contributed by atoms with E-state index in [4.69, 9.17) is 21.4 Å². The zero-order valence-corrected chi connectivity index (χ0v) is 11.3. The maximum Gasteiger partial charge on any atom is 0.407 e. The zero-order chi connectivity index (χ0) is 13.7. The Morgan fingerprint density at radius 2 is 1.84 bits per heavy atom. The third-order valence-corrected chi connectivity index (χ3v) is 3.38. The number of halogens is 1. The molecule has 1 fully saturated rings. The Morgan fingerprint density at radius 1 is 1.21 bits per heavy atom. The lowest BCUT2D eigenvalue weighted by atomic mass is 10.3. The number of benzene rings is 1. The Hall–Kier alpha value is -1.46. The van der Waals surface area contributed by atoms with Crippen molar-refractivity contribution in [1.82, 2.24) is 9.80 Å². The van der Waals surface area contributed by atoms with Crippen LogP contribution in [0.25, 0.3) is 0 Å². The number of carboxylic acid groups (broad SMARTS) is 1. The molecule has 1 aliphatic rings. The van der Waals surface area contributed by atoms with Crippen LogP contribution in [0.5, 0.6) is 5.75 Å². The third-order valence-electron chi connectivity index (χ3n) is 3.13. The summed E-state index contributed by atoms with van der Waals surface area (Å²) < 4.78 is 5.61. The number of hydrogen-bond acceptors (Lipinski definition) is 3. The lowest BCUT2D eigenvalue weighted by Crippen LogP contribution is -2.49. The Balaban J connectivity index is 1.67. The summed E-state index contributed by atoms with van der Waals surface area (Å²) in [5.74, 6) is 0.800. The molecule has 0 bridgehead atoms. The average molecular weight is 285 g/mol. The van der Waals surface area contributed by atoms with Crippen LogP contribution in [-0.4, -0.2) is 60.3 Å². The summed E-state index contributed by atoms with van der Waals surface area (Å²) in [6, 6.07) is 7.26. The highest BCUT2D eigenvalue weighted by Gasteiger charge is 2.19. The first-order chi connectivity index (χ1) is 9.15. The van der Waals surface area contributed by atoms with Gasteiger partial charge >= 0.3 is 6.09 Å². The highest BCUT2D eigenvalue weighted by Crippen LogP contribution is 2.15. The minimum atomic E-state index is -0.836. The molecule has 0 spiro atoms. The molecular weight excluding hydrogens is 268 g/mol. The van der Waals surface area contributed by atoms with Crippen molar-refractivity contribution >= 4 is 17.7 Å². The number of nitrogens with zero attached hydrogens (tertiary/aromatic N) is 2. The van der Waals surface area contributed by atoms with E-state index in [0.717, 1.165) is 25.4 Å². The van der Waals surface area contributed by atoms with E-state index in [9.17, 15) is 4.79 Å². The first-order valence-corrected chi connectivity index (χ1v) is 6.61. The van der Waals surface area contributed by atoms with E-state index in [1.165, 1.54) is 4.90 Å². The first kappa shape index (κ1) is 14.0. The van der Waals surface area contributed by atoms with Crippen molar-refractivity contribution in [2.45, 2.75) is 0 Å². The molecule has 1 N–H and O–H groups in total. The van der Waals surface area contributed by atoms with Crippen molar-refractivity contribution in [3.63, 3.8) is 0 Å². The van der Waals surface area contributed by atoms with E-state index < -0.39 is 6.09 Å². The molecule has 0 atom stereocenters. The lowest BCUT2D eigenvalue weighted by Gasteiger charge is -2.32. The van der Waals surface area contributed by atoms with Crippen LogP contribution in [0.1, 0.15) is 0 Å². The zero-order valence-electron chi connectivity index (χ0n) is 10.6. The van der Waals surface area contributed by atoms with Gasteiger partial charge in [0.2, 0.25) is 0 Å². The maximum absolute atomic E-state index is 10.8. The molecule has 0 unspecified atom stereocenters. The van der Waals surface area contributed by atoms with Gasteiger partial charge in [0.1, 0.15) is 12.4 Å². The molecule has 1 amide bonds. The summed E-state index contributed by atoms with van der Waals surface area (Å²) in [6.45, 7) is 4.05. The number of hydrogen-bond donors (Lipinski definition) is 1. The molecule has 104 valence electrons. The van der Waals surface area contributed by atoms with Gasteiger partial charge in [0.15, 0.2) is 0 Å². The molecule has 5 nitrogen and oxygen atoms in total. The normalized spacial score (nSPS) is 16.4. The van der Waals surface area contributed by atoms with E-state index in [-0.39, 0.29) is 0 Å². The van der Waals surface area contributed by atoms with E-state index in [0.29, 0.717) is 24.7 Å². The third kappa shape index (κ3) is 4.29. The molecule has 19 heavy (non-hydrogen) atoms. The van der Waals surface area contributed by atoms with Gasteiger partial charge in [-0.3, -0.25) is 4.90 Å². The van der Waals surface area contributed by atoms with Crippen LogP contribution < -0.4 is 4.74 Å². The molecule has 0 aromatic heterocycles. The van der Waals surface area contributed by atoms with E-state index >= 15 is 0 Å². The first-order valence-electron chi connectivity index (χ1n) is 6.24. The predicted molar refractivity (Wildman–Crippen MR) is 73.0 cm³/mol. The number of rotatable bonds is 4. The average Bonchev–Trinajstić information content (AvgIpc) is 2.41. The van der Waals surface area contributed by atoms with Crippen LogP contribution in [-0.2, 0) is 0 Å². The minimum Gasteiger partial charge on any atom is -0.492 e. The van der Waals surface area contributed by atoms with E-state index in [1.54, 1.807) is 12.1 Å². The van der Waals surface area contributed by atoms with E-state index in [2.05, 4.69) is 4.90 Å². The molecule has 1 aliphatic heterocycles. The fraction of sp³-hybridized carbons (Fsp3) is 0.462. The fourth-order valence-electron chi connectivity index (χ4n) is 1.99. The summed E-state index contributed by atoms with van der Waals surface area (Å²) in [4.78, 5) is 14.4. The monoisotopic (exact) mass is 284 g/mol. The molecule has 1 aromatic carbocycles. The number of ether oxygens (including phenoxy) is 1. The SMILES string of the molecule is O=C(O)N1CCN(CCOc2ccc(Cl)cc2)CC1. The largest absolute Gasteiger partial charge is 0.492 e. The van der Waals surface area contributed by atoms with Gasteiger partial charge < -0.3 is 14.7 Å². The number of amides is 1. The van der Waals surface area contributed by atoms with Gasteiger partial charge in [-0.15, -0.1) is 0 Å². The van der Waals surface area contributed by atoms with Gasteiger partial charge in [-0.2, -0.15) is 0 Å². The molecular formula is C13H17ClN2O3. The predicted octanol–water partition coefficient (Wildman–Crippen LogP) is 2.01. The summed E-state index contributed by atoms with van der Waals surface area (Å²) >= 11 is 5.79. The molecule has 6 heteroatoms. The second-order valence-electron chi connectivity index (χ2n) is 4.41. The van der Waals surface area contributed by atoms with Gasteiger partial charge in [0, 0.05) is 37.7 Å². The van der Waals surface area contributed by atoms with Crippen LogP contribution in [0.15, 0.2) is 24.3 Å². The Kier molecular flexibility index (Phi) is 4.87. The van der Waals surface area contributed by atoms with Crippen LogP contribution in [0.2, 0.25) is 5.02 Å². The summed E-state index contributed by atoms with van der Waals surface area (Å²) in [5, 5.41) is 9.54. The van der Waals surface area contributed by atoms with Gasteiger partial charge in [0.05, 0.1) is 0 Å². The van der Waals surface area contributed by atoms with Gasteiger partial charge in [-0.1, -0.05) is 11.6 Å². The van der Waals surface area contributed by atoms with Crippen molar-refractivity contribution in [3.05, 3.63) is 29.3 Å². The summed E-state index contributed by atoms with van der Waals surface area (Å²) in [7, 11) is 0. The second kappa shape index (κ2) is 6.63. The lowest BCUT2D eigenvalue weighted by molar-refractivity contribution is 0.0985. The minimum absolute atomic E-state index is 0.566. The quantitative estimate of drug-likeness (QED) is 0.919. The summed E-state index contributed by atoms with van der Waals surface area (Å²) in [6.07, 6.45) is -0.836. The molecule has 1 saturated heterocycles. The Bertz CT molecular complexity index is 416. The molecule has 0 aliphatic carbocycles. The van der Waals surface area contributed by atoms with Crippen LogP contribution >= 0.6 is 11.6 Å². The molecule has 1 aromatic rings.